The van der Waals surface area contributed by atoms with Crippen molar-refractivity contribution in [2.75, 3.05) is 7.11 Å². The monoisotopic (exact) mass is 459 g/mol. The van der Waals surface area contributed by atoms with Gasteiger partial charge < -0.3 is 4.74 Å². The van der Waals surface area contributed by atoms with Crippen LogP contribution in [-0.4, -0.2) is 43.3 Å². The van der Waals surface area contributed by atoms with Crippen molar-refractivity contribution in [1.29, 1.82) is 0 Å². The topological polar surface area (TPSA) is 104 Å². The number of fused-ring (bicyclic) bond motifs is 1. The van der Waals surface area contributed by atoms with E-state index in [4.69, 9.17) is 4.74 Å². The normalized spacial score (nSPS) is 19.1. The number of alkyl halides is 3. The molecular formula is C18H20F3N5O4S. The van der Waals surface area contributed by atoms with Gasteiger partial charge >= 0.3 is 17.6 Å². The molecule has 0 saturated heterocycles. The molecule has 1 aliphatic rings. The number of thiophene rings is 1. The summed E-state index contributed by atoms with van der Waals surface area (Å²) in [4.78, 5) is 41.3. The van der Waals surface area contributed by atoms with E-state index in [0.717, 1.165) is 25.2 Å². The van der Waals surface area contributed by atoms with Gasteiger partial charge in [0, 0.05) is 24.6 Å². The van der Waals surface area contributed by atoms with Crippen LogP contribution in [0.2, 0.25) is 0 Å². The first-order valence-electron chi connectivity index (χ1n) is 9.58. The average Bonchev–Trinajstić information content (AvgIpc) is 3.20. The molecule has 3 aromatic rings. The van der Waals surface area contributed by atoms with Crippen molar-refractivity contribution in [3.8, 4) is 0 Å². The van der Waals surface area contributed by atoms with Crippen LogP contribution in [-0.2, 0) is 17.8 Å². The summed E-state index contributed by atoms with van der Waals surface area (Å²) in [6, 6.07) is -0.428. The first kappa shape index (κ1) is 21.6. The van der Waals surface area contributed by atoms with Gasteiger partial charge in [0.25, 0.3) is 5.56 Å². The van der Waals surface area contributed by atoms with Crippen molar-refractivity contribution in [3.63, 3.8) is 0 Å². The summed E-state index contributed by atoms with van der Waals surface area (Å²) in [5.74, 6) is 0. The van der Waals surface area contributed by atoms with Gasteiger partial charge in [-0.25, -0.2) is 14.3 Å². The lowest BCUT2D eigenvalue weighted by Gasteiger charge is -2.35. The number of nitrogens with one attached hydrogen (secondary N) is 1. The molecule has 0 aromatic carbocycles. The SMILES string of the molecule is CO[C@H]1C[C@@H](n2c(=O)c3c(C)c(Cn4nc[nH]c4=O)sc3n(CCC(F)(F)F)c2=O)C1. The molecule has 3 aromatic heterocycles. The number of rotatable bonds is 6. The highest BCUT2D eigenvalue weighted by molar-refractivity contribution is 7.18. The molecule has 1 saturated carbocycles. The molecule has 13 heteroatoms. The molecule has 0 radical (unpaired) electrons. The van der Waals surface area contributed by atoms with E-state index >= 15 is 0 Å². The van der Waals surface area contributed by atoms with Crippen molar-refractivity contribution < 1.29 is 17.9 Å². The predicted octanol–water partition coefficient (Wildman–Crippen LogP) is 1.77. The summed E-state index contributed by atoms with van der Waals surface area (Å²) in [5, 5.41) is 4.08. The Morgan fingerprint density at radius 2 is 2.00 bits per heavy atom. The quantitative estimate of drug-likeness (QED) is 0.605. The molecule has 31 heavy (non-hydrogen) atoms. The first-order valence-corrected chi connectivity index (χ1v) is 10.4. The second kappa shape index (κ2) is 7.79. The Bertz CT molecular complexity index is 1290. The number of hydrogen-bond acceptors (Lipinski definition) is 6. The fourth-order valence-electron chi connectivity index (χ4n) is 3.79. The predicted molar refractivity (Wildman–Crippen MR) is 107 cm³/mol. The minimum Gasteiger partial charge on any atom is -0.381 e. The highest BCUT2D eigenvalue weighted by Gasteiger charge is 2.35. The number of aromatic nitrogens is 5. The third-order valence-corrected chi connectivity index (χ3v) is 6.94. The molecule has 168 valence electrons. The Morgan fingerprint density at radius 3 is 2.58 bits per heavy atom. The van der Waals surface area contributed by atoms with Crippen LogP contribution in [0.5, 0.6) is 0 Å². The van der Waals surface area contributed by atoms with E-state index in [0.29, 0.717) is 23.3 Å². The number of methoxy groups -OCH3 is 1. The molecule has 0 aliphatic heterocycles. The van der Waals surface area contributed by atoms with E-state index in [1.54, 1.807) is 6.92 Å². The van der Waals surface area contributed by atoms with Crippen LogP contribution in [0.15, 0.2) is 20.7 Å². The third-order valence-electron chi connectivity index (χ3n) is 5.64. The van der Waals surface area contributed by atoms with Crippen molar-refractivity contribution in [2.45, 2.75) is 57.6 Å². The molecule has 4 rings (SSSR count). The van der Waals surface area contributed by atoms with Gasteiger partial charge in [-0.15, -0.1) is 11.3 Å². The zero-order chi connectivity index (χ0) is 22.5. The van der Waals surface area contributed by atoms with Crippen molar-refractivity contribution in [3.05, 3.63) is 48.1 Å². The number of aromatic amines is 1. The first-order chi connectivity index (χ1) is 14.6. The molecule has 0 bridgehead atoms. The van der Waals surface area contributed by atoms with Crippen LogP contribution in [0, 0.1) is 6.92 Å². The van der Waals surface area contributed by atoms with Crippen LogP contribution in [0.4, 0.5) is 13.2 Å². The van der Waals surface area contributed by atoms with Gasteiger partial charge in [0.1, 0.15) is 11.2 Å². The van der Waals surface area contributed by atoms with E-state index in [1.807, 2.05) is 0 Å². The van der Waals surface area contributed by atoms with Gasteiger partial charge in [-0.05, 0) is 25.3 Å². The number of halogens is 3. The lowest BCUT2D eigenvalue weighted by molar-refractivity contribution is -0.136. The second-order valence-corrected chi connectivity index (χ2v) is 8.62. The molecule has 0 atom stereocenters. The van der Waals surface area contributed by atoms with Gasteiger partial charge in [-0.3, -0.25) is 18.9 Å². The maximum absolute atomic E-state index is 13.2. The zero-order valence-electron chi connectivity index (χ0n) is 16.7. The van der Waals surface area contributed by atoms with Gasteiger partial charge in [0.05, 0.1) is 24.5 Å². The van der Waals surface area contributed by atoms with Crippen molar-refractivity contribution in [2.24, 2.45) is 0 Å². The molecule has 0 amide bonds. The average molecular weight is 459 g/mol. The van der Waals surface area contributed by atoms with Crippen LogP contribution in [0.3, 0.4) is 0 Å². The zero-order valence-corrected chi connectivity index (χ0v) is 17.5. The number of aryl methyl sites for hydroxylation is 2. The molecule has 1 fully saturated rings. The highest BCUT2D eigenvalue weighted by Crippen LogP contribution is 2.34. The number of H-pyrrole nitrogens is 1. The molecule has 9 nitrogen and oxygen atoms in total. The van der Waals surface area contributed by atoms with Crippen molar-refractivity contribution >= 4 is 21.6 Å². The third kappa shape index (κ3) is 3.87. The molecule has 1 aliphatic carbocycles. The Balaban J connectivity index is 1.88. The minimum atomic E-state index is -4.46. The summed E-state index contributed by atoms with van der Waals surface area (Å²) in [6.07, 6.45) is -3.65. The van der Waals surface area contributed by atoms with Gasteiger partial charge in [-0.2, -0.15) is 18.3 Å². The number of hydrogen-bond donors (Lipinski definition) is 1. The van der Waals surface area contributed by atoms with E-state index in [-0.39, 0.29) is 22.9 Å². The van der Waals surface area contributed by atoms with Crippen molar-refractivity contribution in [1.82, 2.24) is 23.9 Å². The Kier molecular flexibility index (Phi) is 5.41. The lowest BCUT2D eigenvalue weighted by atomic mass is 9.89. The van der Waals surface area contributed by atoms with Crippen LogP contribution in [0.1, 0.15) is 35.7 Å². The maximum atomic E-state index is 13.2. The molecule has 3 heterocycles. The van der Waals surface area contributed by atoms with Crippen LogP contribution < -0.4 is 16.9 Å². The number of ether oxygens (including phenoxy) is 1. The van der Waals surface area contributed by atoms with Gasteiger partial charge in [0.15, 0.2) is 0 Å². The lowest BCUT2D eigenvalue weighted by Crippen LogP contribution is -2.47. The highest BCUT2D eigenvalue weighted by atomic mass is 32.1. The van der Waals surface area contributed by atoms with Gasteiger partial charge in [-0.1, -0.05) is 0 Å². The molecule has 0 unspecified atom stereocenters. The van der Waals surface area contributed by atoms with Crippen LogP contribution >= 0.6 is 11.3 Å². The summed E-state index contributed by atoms with van der Waals surface area (Å²) in [7, 11) is 1.53. The Labute approximate surface area is 176 Å². The molecule has 1 N–H and O–H groups in total. The van der Waals surface area contributed by atoms with E-state index in [2.05, 4.69) is 10.1 Å². The fourth-order valence-corrected chi connectivity index (χ4v) is 5.09. The Morgan fingerprint density at radius 1 is 1.29 bits per heavy atom. The smallest absolute Gasteiger partial charge is 0.381 e. The molecular weight excluding hydrogens is 439 g/mol. The maximum Gasteiger partial charge on any atom is 0.390 e. The van der Waals surface area contributed by atoms with Crippen LogP contribution in [0.25, 0.3) is 10.2 Å². The standard InChI is InChI=1S/C18H20F3N5O4S/c1-9-12(7-25-16(28)22-8-23-25)31-15-13(9)14(27)26(10-5-11(6-10)30-2)17(29)24(15)4-3-18(19,20)21/h8,10-11H,3-7H2,1-2H3,(H,22,23,28)/t10-,11+. The van der Waals surface area contributed by atoms with E-state index in [1.165, 1.54) is 13.4 Å². The summed E-state index contributed by atoms with van der Waals surface area (Å²) in [6.45, 7) is 1.10. The number of nitrogens with zero attached hydrogens (tertiary/aromatic N) is 4. The van der Waals surface area contributed by atoms with E-state index in [9.17, 15) is 27.6 Å². The Hall–Kier alpha value is -2.67. The fraction of sp³-hybridized carbons (Fsp3) is 0.556. The summed E-state index contributed by atoms with van der Waals surface area (Å²) in [5.41, 5.74) is -1.22. The summed E-state index contributed by atoms with van der Waals surface area (Å²) < 4.78 is 47.2. The summed E-state index contributed by atoms with van der Waals surface area (Å²) >= 11 is 1.03. The largest absolute Gasteiger partial charge is 0.390 e. The van der Waals surface area contributed by atoms with Gasteiger partial charge in [0.2, 0.25) is 0 Å². The second-order valence-electron chi connectivity index (χ2n) is 7.54. The van der Waals surface area contributed by atoms with E-state index < -0.39 is 42.1 Å². The molecule has 0 spiro atoms. The minimum absolute atomic E-state index is 0.0373.